The van der Waals surface area contributed by atoms with Crippen LogP contribution in [-0.2, 0) is 13.0 Å². The summed E-state index contributed by atoms with van der Waals surface area (Å²) in [6.45, 7) is 5.09. The quantitative estimate of drug-likeness (QED) is 0.262. The number of aromatic amines is 1. The van der Waals surface area contributed by atoms with Gasteiger partial charge in [-0.25, -0.2) is 9.67 Å². The highest BCUT2D eigenvalue weighted by Crippen LogP contribution is 2.30. The van der Waals surface area contributed by atoms with Gasteiger partial charge in [0.25, 0.3) is 5.91 Å². The van der Waals surface area contributed by atoms with Crippen molar-refractivity contribution in [3.8, 4) is 22.5 Å². The fourth-order valence-corrected chi connectivity index (χ4v) is 4.44. The maximum Gasteiger partial charge on any atom is 0.295 e. The topological polar surface area (TPSA) is 114 Å². The van der Waals surface area contributed by atoms with Crippen LogP contribution >= 0.6 is 0 Å². The number of nitrogens with zero attached hydrogens (tertiary/aromatic N) is 6. The molecule has 0 saturated heterocycles. The molecule has 0 bridgehead atoms. The second kappa shape index (κ2) is 11.6. The number of carbonyl (C=O) groups is 1. The van der Waals surface area contributed by atoms with E-state index >= 15 is 0 Å². The van der Waals surface area contributed by atoms with E-state index in [4.69, 9.17) is 0 Å². The highest BCUT2D eigenvalue weighted by molar-refractivity contribution is 6.01. The summed E-state index contributed by atoms with van der Waals surface area (Å²) in [5.74, 6) is 1.66. The van der Waals surface area contributed by atoms with E-state index in [-0.39, 0.29) is 11.7 Å². The van der Waals surface area contributed by atoms with Gasteiger partial charge >= 0.3 is 0 Å². The number of nitrogens with one attached hydrogen (secondary N) is 2. The molecule has 0 fully saturated rings. The largest absolute Gasteiger partial charge is 0.319 e. The molecule has 0 unspecified atom stereocenters. The molecule has 0 radical (unpaired) electrons. The maximum absolute atomic E-state index is 12.9. The Bertz CT molecular complexity index is 1470. The van der Waals surface area contributed by atoms with E-state index in [2.05, 4.69) is 74.1 Å². The lowest BCUT2D eigenvalue weighted by atomic mass is 9.97. The van der Waals surface area contributed by atoms with Crippen LogP contribution in [0.1, 0.15) is 48.7 Å². The summed E-state index contributed by atoms with van der Waals surface area (Å²) in [5.41, 5.74) is 4.78. The average molecular weight is 507 g/mol. The van der Waals surface area contributed by atoms with Crippen LogP contribution in [0.4, 0.5) is 5.69 Å². The predicted molar refractivity (Wildman–Crippen MR) is 146 cm³/mol. The third kappa shape index (κ3) is 5.67. The molecule has 2 aromatic heterocycles. The Morgan fingerprint density at radius 1 is 0.921 bits per heavy atom. The third-order valence-corrected chi connectivity index (χ3v) is 6.71. The number of amides is 1. The minimum absolute atomic E-state index is 0.181. The summed E-state index contributed by atoms with van der Waals surface area (Å²) in [6, 6.07) is 25.7. The first-order valence-electron chi connectivity index (χ1n) is 12.9. The van der Waals surface area contributed by atoms with Crippen molar-refractivity contribution in [2.24, 2.45) is 5.92 Å². The lowest BCUT2D eigenvalue weighted by molar-refractivity contribution is 0.101. The number of H-pyrrole nitrogens is 1. The van der Waals surface area contributed by atoms with Crippen LogP contribution in [0.15, 0.2) is 78.9 Å². The SMILES string of the molecule is CCC(CC)Cn1nc(C(=O)Nc2ccccc2)nc1Cc1ccc(-c2ccccc2-c2nn[nH]n2)cc1. The summed E-state index contributed by atoms with van der Waals surface area (Å²) in [5, 5.41) is 22.0. The highest BCUT2D eigenvalue weighted by Gasteiger charge is 2.19. The molecule has 5 aromatic rings. The fraction of sp³-hybridized carbons (Fsp3) is 0.241. The first kappa shape index (κ1) is 25.0. The van der Waals surface area contributed by atoms with Gasteiger partial charge in [-0.3, -0.25) is 4.79 Å². The number of para-hydroxylation sites is 1. The lowest BCUT2D eigenvalue weighted by Crippen LogP contribution is -2.16. The van der Waals surface area contributed by atoms with E-state index in [0.29, 0.717) is 23.9 Å². The van der Waals surface area contributed by atoms with Crippen LogP contribution in [0.3, 0.4) is 0 Å². The van der Waals surface area contributed by atoms with Crippen LogP contribution in [0.25, 0.3) is 22.5 Å². The zero-order valence-corrected chi connectivity index (χ0v) is 21.5. The third-order valence-electron chi connectivity index (χ3n) is 6.71. The molecule has 0 saturated carbocycles. The van der Waals surface area contributed by atoms with Gasteiger partial charge in [-0.05, 0) is 40.0 Å². The van der Waals surface area contributed by atoms with Gasteiger partial charge in [-0.2, -0.15) is 5.21 Å². The molecule has 5 rings (SSSR count). The van der Waals surface area contributed by atoms with E-state index in [1.54, 1.807) is 0 Å². The van der Waals surface area contributed by atoms with Crippen molar-refractivity contribution in [2.45, 2.75) is 39.7 Å². The maximum atomic E-state index is 12.9. The van der Waals surface area contributed by atoms with Crippen molar-refractivity contribution < 1.29 is 4.79 Å². The molecule has 38 heavy (non-hydrogen) atoms. The van der Waals surface area contributed by atoms with E-state index in [0.717, 1.165) is 47.5 Å². The van der Waals surface area contributed by atoms with Crippen molar-refractivity contribution in [1.29, 1.82) is 0 Å². The number of aromatic nitrogens is 7. The molecule has 3 aromatic carbocycles. The summed E-state index contributed by atoms with van der Waals surface area (Å²) < 4.78 is 1.90. The molecular weight excluding hydrogens is 476 g/mol. The predicted octanol–water partition coefficient (Wildman–Crippen LogP) is 5.40. The monoisotopic (exact) mass is 506 g/mol. The Morgan fingerprint density at radius 2 is 1.63 bits per heavy atom. The van der Waals surface area contributed by atoms with Gasteiger partial charge in [-0.1, -0.05) is 93.4 Å². The Kier molecular flexibility index (Phi) is 7.63. The number of rotatable bonds is 10. The number of benzene rings is 3. The van der Waals surface area contributed by atoms with Crippen LogP contribution in [-0.4, -0.2) is 41.3 Å². The molecule has 0 aliphatic carbocycles. The fourth-order valence-electron chi connectivity index (χ4n) is 4.44. The lowest BCUT2D eigenvalue weighted by Gasteiger charge is -2.14. The number of carbonyl (C=O) groups excluding carboxylic acids is 1. The van der Waals surface area contributed by atoms with Crippen molar-refractivity contribution >= 4 is 11.6 Å². The summed E-state index contributed by atoms with van der Waals surface area (Å²) in [6.07, 6.45) is 2.64. The Labute approximate surface area is 221 Å². The van der Waals surface area contributed by atoms with Gasteiger partial charge in [0.05, 0.1) is 0 Å². The van der Waals surface area contributed by atoms with Gasteiger partial charge in [0, 0.05) is 24.2 Å². The van der Waals surface area contributed by atoms with Crippen molar-refractivity contribution in [2.75, 3.05) is 5.32 Å². The Morgan fingerprint density at radius 3 is 2.32 bits per heavy atom. The summed E-state index contributed by atoms with van der Waals surface area (Å²) >= 11 is 0. The van der Waals surface area contributed by atoms with E-state index in [9.17, 15) is 4.79 Å². The van der Waals surface area contributed by atoms with Crippen LogP contribution < -0.4 is 5.32 Å². The first-order chi connectivity index (χ1) is 18.6. The van der Waals surface area contributed by atoms with Crippen molar-refractivity contribution in [3.63, 3.8) is 0 Å². The van der Waals surface area contributed by atoms with E-state index in [1.165, 1.54) is 0 Å². The van der Waals surface area contributed by atoms with Crippen molar-refractivity contribution in [1.82, 2.24) is 35.4 Å². The van der Waals surface area contributed by atoms with Gasteiger partial charge in [0.15, 0.2) is 0 Å². The minimum atomic E-state index is -0.311. The van der Waals surface area contributed by atoms with Crippen LogP contribution in [0, 0.1) is 5.92 Å². The summed E-state index contributed by atoms with van der Waals surface area (Å²) in [4.78, 5) is 17.6. The normalized spacial score (nSPS) is 11.1. The molecular formula is C29H30N8O. The molecule has 2 N–H and O–H groups in total. The standard InChI is InChI=1S/C29H30N8O/c1-3-20(4-2)19-37-26(31-28(34-37)29(38)30-23-10-6-5-7-11-23)18-21-14-16-22(17-15-21)24-12-8-9-13-25(24)27-32-35-36-33-27/h5-17,20H,3-4,18-19H2,1-2H3,(H,30,38)(H,32,33,35,36). The molecule has 0 atom stereocenters. The Balaban J connectivity index is 1.39. The molecule has 2 heterocycles. The Hall–Kier alpha value is -4.66. The molecule has 0 spiro atoms. The molecule has 1 amide bonds. The molecule has 0 aliphatic rings. The summed E-state index contributed by atoms with van der Waals surface area (Å²) in [7, 11) is 0. The van der Waals surface area contributed by atoms with Crippen LogP contribution in [0.2, 0.25) is 0 Å². The minimum Gasteiger partial charge on any atom is -0.319 e. The average Bonchev–Trinajstić information content (AvgIpc) is 3.63. The molecule has 9 heteroatoms. The van der Waals surface area contributed by atoms with E-state index in [1.807, 2.05) is 59.3 Å². The smallest absolute Gasteiger partial charge is 0.295 e. The van der Waals surface area contributed by atoms with E-state index < -0.39 is 0 Å². The first-order valence-corrected chi connectivity index (χ1v) is 12.9. The molecule has 0 aliphatic heterocycles. The second-order valence-corrected chi connectivity index (χ2v) is 9.19. The second-order valence-electron chi connectivity index (χ2n) is 9.19. The van der Waals surface area contributed by atoms with Crippen molar-refractivity contribution in [3.05, 3.63) is 96.1 Å². The number of hydrogen-bond donors (Lipinski definition) is 2. The van der Waals surface area contributed by atoms with Gasteiger partial charge < -0.3 is 5.32 Å². The highest BCUT2D eigenvalue weighted by atomic mass is 16.2. The van der Waals surface area contributed by atoms with Gasteiger partial charge in [0.1, 0.15) is 5.82 Å². The van der Waals surface area contributed by atoms with Gasteiger partial charge in [-0.15, -0.1) is 15.3 Å². The molecule has 9 nitrogen and oxygen atoms in total. The molecule has 192 valence electrons. The zero-order valence-electron chi connectivity index (χ0n) is 21.5. The number of anilines is 1. The number of tetrazole rings is 1. The van der Waals surface area contributed by atoms with Gasteiger partial charge in [0.2, 0.25) is 11.6 Å². The number of hydrogen-bond acceptors (Lipinski definition) is 6. The van der Waals surface area contributed by atoms with Crippen LogP contribution in [0.5, 0.6) is 0 Å². The zero-order chi connectivity index (χ0) is 26.3.